The fourth-order valence-corrected chi connectivity index (χ4v) is 7.10. The third-order valence-corrected chi connectivity index (χ3v) is 9.56. The maximum absolute atomic E-state index is 15.6. The summed E-state index contributed by atoms with van der Waals surface area (Å²) in [5.74, 6) is -2.08. The van der Waals surface area contributed by atoms with Crippen molar-refractivity contribution in [3.8, 4) is 0 Å². The molecule has 0 radical (unpaired) electrons. The second kappa shape index (κ2) is 17.4. The van der Waals surface area contributed by atoms with Crippen molar-refractivity contribution in [1.82, 2.24) is 14.9 Å². The number of nitrogen functional groups attached to an aromatic ring is 1. The van der Waals surface area contributed by atoms with Crippen molar-refractivity contribution in [3.63, 3.8) is 0 Å². The second-order valence-electron chi connectivity index (χ2n) is 11.1. The molecule has 3 aromatic rings. The number of alkyl carbamates (subject to hydrolysis) is 1. The molecule has 0 spiro atoms. The Balaban J connectivity index is 1.81. The quantitative estimate of drug-likeness (QED) is 0.150. The predicted molar refractivity (Wildman–Crippen MR) is 177 cm³/mol. The van der Waals surface area contributed by atoms with Gasteiger partial charge in [0.2, 0.25) is 15.9 Å². The summed E-state index contributed by atoms with van der Waals surface area (Å²) < 4.78 is 53.9. The summed E-state index contributed by atoms with van der Waals surface area (Å²) in [7, 11) is -3.07. The zero-order valence-electron chi connectivity index (χ0n) is 27.0. The third-order valence-electron chi connectivity index (χ3n) is 7.46. The summed E-state index contributed by atoms with van der Waals surface area (Å²) in [6.45, 7) is 4.53. The summed E-state index contributed by atoms with van der Waals surface area (Å²) in [4.78, 5) is 38.9. The summed E-state index contributed by atoms with van der Waals surface area (Å²) in [5, 5.41) is 5.31. The SMILES string of the molecule is CCOC(=O)C(CC(F)CCNC(=O)C(NC(=O)OC)C(c1ccccc1)c1ccccc1)N(C(C)C)S(=O)(=O)c1ccc(N)cc1. The van der Waals surface area contributed by atoms with E-state index in [2.05, 4.69) is 10.6 Å². The van der Waals surface area contributed by atoms with E-state index in [9.17, 15) is 22.8 Å². The number of hydrogen-bond donors (Lipinski definition) is 3. The number of benzene rings is 3. The lowest BCUT2D eigenvalue weighted by molar-refractivity contribution is -0.149. The molecular weight excluding hydrogens is 627 g/mol. The Hall–Kier alpha value is -4.49. The Morgan fingerprint density at radius 2 is 1.47 bits per heavy atom. The van der Waals surface area contributed by atoms with E-state index >= 15 is 4.39 Å². The molecule has 4 N–H and O–H groups in total. The van der Waals surface area contributed by atoms with Gasteiger partial charge in [-0.25, -0.2) is 17.6 Å². The highest BCUT2D eigenvalue weighted by atomic mass is 32.2. The number of ether oxygens (including phenoxy) is 2. The van der Waals surface area contributed by atoms with E-state index in [0.29, 0.717) is 5.69 Å². The van der Waals surface area contributed by atoms with Crippen molar-refractivity contribution in [2.24, 2.45) is 0 Å². The normalized spacial score (nSPS) is 13.5. The van der Waals surface area contributed by atoms with Crippen LogP contribution < -0.4 is 16.4 Å². The molecular formula is C34H43FN4O7S. The number of carbonyl (C=O) groups excluding carboxylic acids is 3. The minimum absolute atomic E-state index is 0.0330. The van der Waals surface area contributed by atoms with Crippen LogP contribution >= 0.6 is 0 Å². The van der Waals surface area contributed by atoms with Crippen LogP contribution in [0.4, 0.5) is 14.9 Å². The van der Waals surface area contributed by atoms with Gasteiger partial charge in [-0.3, -0.25) is 9.59 Å². The van der Waals surface area contributed by atoms with E-state index < -0.39 is 64.6 Å². The van der Waals surface area contributed by atoms with Gasteiger partial charge in [-0.15, -0.1) is 0 Å². The van der Waals surface area contributed by atoms with Crippen molar-refractivity contribution in [2.45, 2.75) is 68.7 Å². The van der Waals surface area contributed by atoms with E-state index in [0.717, 1.165) is 15.4 Å². The number of nitrogens with one attached hydrogen (secondary N) is 2. The lowest BCUT2D eigenvalue weighted by atomic mass is 9.84. The van der Waals surface area contributed by atoms with Gasteiger partial charge < -0.3 is 25.8 Å². The lowest BCUT2D eigenvalue weighted by Crippen LogP contribution is -2.51. The Labute approximate surface area is 275 Å². The van der Waals surface area contributed by atoms with Crippen LogP contribution in [-0.4, -0.2) is 75.3 Å². The van der Waals surface area contributed by atoms with Crippen LogP contribution in [0.2, 0.25) is 0 Å². The Morgan fingerprint density at radius 3 is 1.96 bits per heavy atom. The summed E-state index contributed by atoms with van der Waals surface area (Å²) in [6, 6.07) is 20.5. The first-order valence-electron chi connectivity index (χ1n) is 15.3. The maximum atomic E-state index is 15.6. The topological polar surface area (TPSA) is 157 Å². The van der Waals surface area contributed by atoms with Crippen LogP contribution in [0.5, 0.6) is 0 Å². The number of nitrogens with zero attached hydrogens (tertiary/aromatic N) is 1. The Bertz CT molecular complexity index is 1520. The van der Waals surface area contributed by atoms with Crippen LogP contribution in [0, 0.1) is 0 Å². The van der Waals surface area contributed by atoms with Crippen LogP contribution in [0.3, 0.4) is 0 Å². The number of esters is 1. The molecule has 3 aromatic carbocycles. The number of alkyl halides is 1. The third kappa shape index (κ3) is 10.00. The number of nitrogens with two attached hydrogens (primary N) is 1. The highest BCUT2D eigenvalue weighted by Crippen LogP contribution is 2.29. The molecule has 0 bridgehead atoms. The summed E-state index contributed by atoms with van der Waals surface area (Å²) in [5.41, 5.74) is 7.59. The molecule has 0 fully saturated rings. The molecule has 0 heterocycles. The van der Waals surface area contributed by atoms with E-state index in [4.69, 9.17) is 15.2 Å². The van der Waals surface area contributed by atoms with Gasteiger partial charge in [0.05, 0.1) is 18.6 Å². The highest BCUT2D eigenvalue weighted by molar-refractivity contribution is 7.89. The number of methoxy groups -OCH3 is 1. The number of halogens is 1. The van der Waals surface area contributed by atoms with E-state index in [1.807, 2.05) is 60.7 Å². The molecule has 254 valence electrons. The smallest absolute Gasteiger partial charge is 0.407 e. The lowest BCUT2D eigenvalue weighted by Gasteiger charge is -2.33. The Morgan fingerprint density at radius 1 is 0.915 bits per heavy atom. The molecule has 0 aliphatic carbocycles. The fraction of sp³-hybridized carbons (Fsp3) is 0.382. The highest BCUT2D eigenvalue weighted by Gasteiger charge is 2.40. The number of hydrogen-bond acceptors (Lipinski definition) is 8. The van der Waals surface area contributed by atoms with Gasteiger partial charge in [0.25, 0.3) is 0 Å². The average Bonchev–Trinajstić information content (AvgIpc) is 3.05. The van der Waals surface area contributed by atoms with Gasteiger partial charge in [-0.1, -0.05) is 60.7 Å². The molecule has 3 rings (SSSR count). The number of anilines is 1. The van der Waals surface area contributed by atoms with Gasteiger partial charge in [0.15, 0.2) is 0 Å². The largest absolute Gasteiger partial charge is 0.465 e. The molecule has 3 atom stereocenters. The predicted octanol–water partition coefficient (Wildman–Crippen LogP) is 4.39. The first kappa shape index (κ1) is 37.0. The number of carbonyl (C=O) groups is 3. The Kier molecular flexibility index (Phi) is 13.7. The fourth-order valence-electron chi connectivity index (χ4n) is 5.32. The second-order valence-corrected chi connectivity index (χ2v) is 12.9. The first-order valence-corrected chi connectivity index (χ1v) is 16.8. The molecule has 0 saturated carbocycles. The summed E-state index contributed by atoms with van der Waals surface area (Å²) in [6.07, 6.45) is -3.29. The van der Waals surface area contributed by atoms with Gasteiger partial charge in [-0.05, 0) is 62.6 Å². The van der Waals surface area contributed by atoms with Crippen LogP contribution in [-0.2, 0) is 29.1 Å². The van der Waals surface area contributed by atoms with Crippen molar-refractivity contribution in [1.29, 1.82) is 0 Å². The maximum Gasteiger partial charge on any atom is 0.407 e. The monoisotopic (exact) mass is 670 g/mol. The van der Waals surface area contributed by atoms with Gasteiger partial charge in [0, 0.05) is 30.6 Å². The zero-order chi connectivity index (χ0) is 34.6. The number of amides is 2. The minimum atomic E-state index is -4.26. The minimum Gasteiger partial charge on any atom is -0.465 e. The molecule has 0 aliphatic heterocycles. The average molecular weight is 671 g/mol. The standard InChI is InChI=1S/C34H43FN4O7S/c1-5-46-33(41)29(39(23(2)3)47(43,44)28-18-16-27(36)17-19-28)22-26(35)20-21-37-32(40)31(38-34(42)45-4)30(24-12-8-6-9-13-24)25-14-10-7-11-15-25/h6-19,23,26,29-31H,5,20-22,36H2,1-4H3,(H,37,40)(H,38,42). The van der Waals surface area contributed by atoms with Crippen molar-refractivity contribution in [2.75, 3.05) is 26.0 Å². The summed E-state index contributed by atoms with van der Waals surface area (Å²) >= 11 is 0. The van der Waals surface area contributed by atoms with E-state index in [1.165, 1.54) is 31.4 Å². The number of sulfonamides is 1. The number of rotatable bonds is 16. The molecule has 0 saturated heterocycles. The molecule has 0 aromatic heterocycles. The van der Waals surface area contributed by atoms with Crippen molar-refractivity contribution in [3.05, 3.63) is 96.1 Å². The molecule has 0 aliphatic rings. The van der Waals surface area contributed by atoms with Crippen LogP contribution in [0.15, 0.2) is 89.8 Å². The van der Waals surface area contributed by atoms with E-state index in [1.54, 1.807) is 20.8 Å². The van der Waals surface area contributed by atoms with Gasteiger partial charge in [0.1, 0.15) is 18.3 Å². The van der Waals surface area contributed by atoms with Crippen molar-refractivity contribution >= 4 is 33.7 Å². The first-order chi connectivity index (χ1) is 22.4. The van der Waals surface area contributed by atoms with Crippen LogP contribution in [0.1, 0.15) is 50.7 Å². The van der Waals surface area contributed by atoms with Gasteiger partial charge >= 0.3 is 12.1 Å². The molecule has 11 nitrogen and oxygen atoms in total. The zero-order valence-corrected chi connectivity index (χ0v) is 27.8. The van der Waals surface area contributed by atoms with Gasteiger partial charge in [-0.2, -0.15) is 4.31 Å². The molecule has 13 heteroatoms. The molecule has 2 amide bonds. The van der Waals surface area contributed by atoms with Crippen molar-refractivity contribution < 1.29 is 36.7 Å². The van der Waals surface area contributed by atoms with Crippen LogP contribution in [0.25, 0.3) is 0 Å². The molecule has 3 unspecified atom stereocenters. The molecule has 47 heavy (non-hydrogen) atoms. The van der Waals surface area contributed by atoms with E-state index in [-0.39, 0.29) is 24.5 Å².